The van der Waals surface area contributed by atoms with E-state index in [0.29, 0.717) is 40.1 Å². The second-order valence-electron chi connectivity index (χ2n) is 7.85. The SMILES string of the molecule is COc1cc(C=Cc2ccc(NC(=O)/C=C/c3cc(OC)c(OC)c(OC)c3)c(O)c2)cc(OC)c1OC. The highest BCUT2D eigenvalue weighted by Crippen LogP contribution is 2.39. The molecule has 0 saturated heterocycles. The minimum atomic E-state index is -0.422. The van der Waals surface area contributed by atoms with Crippen molar-refractivity contribution in [3.8, 4) is 40.2 Å². The highest BCUT2D eigenvalue weighted by molar-refractivity contribution is 6.03. The maximum Gasteiger partial charge on any atom is 0.248 e. The van der Waals surface area contributed by atoms with E-state index in [4.69, 9.17) is 28.4 Å². The Morgan fingerprint density at radius 2 is 1.08 bits per heavy atom. The van der Waals surface area contributed by atoms with Gasteiger partial charge in [-0.1, -0.05) is 18.2 Å². The van der Waals surface area contributed by atoms with Crippen molar-refractivity contribution in [3.63, 3.8) is 0 Å². The summed E-state index contributed by atoms with van der Waals surface area (Å²) in [6, 6.07) is 12.0. The normalized spacial score (nSPS) is 10.9. The Kier molecular flexibility index (Phi) is 9.48. The van der Waals surface area contributed by atoms with Gasteiger partial charge in [0, 0.05) is 6.08 Å². The molecule has 9 nitrogen and oxygen atoms in total. The fourth-order valence-corrected chi connectivity index (χ4v) is 3.69. The summed E-state index contributed by atoms with van der Waals surface area (Å²) in [5.41, 5.74) is 2.48. The highest BCUT2D eigenvalue weighted by Gasteiger charge is 2.13. The smallest absolute Gasteiger partial charge is 0.248 e. The predicted octanol–water partition coefficient (Wildman–Crippen LogP) is 5.27. The van der Waals surface area contributed by atoms with Crippen LogP contribution in [0.1, 0.15) is 16.7 Å². The summed E-state index contributed by atoms with van der Waals surface area (Å²) in [6.45, 7) is 0. The maximum absolute atomic E-state index is 12.5. The van der Waals surface area contributed by atoms with Gasteiger partial charge in [0.2, 0.25) is 17.4 Å². The van der Waals surface area contributed by atoms with Gasteiger partial charge in [0.05, 0.1) is 48.3 Å². The largest absolute Gasteiger partial charge is 0.506 e. The molecule has 0 unspecified atom stereocenters. The lowest BCUT2D eigenvalue weighted by Gasteiger charge is -2.13. The molecule has 2 N–H and O–H groups in total. The van der Waals surface area contributed by atoms with E-state index in [0.717, 1.165) is 11.1 Å². The van der Waals surface area contributed by atoms with Crippen molar-refractivity contribution in [1.82, 2.24) is 0 Å². The van der Waals surface area contributed by atoms with Crippen LogP contribution in [0.3, 0.4) is 0 Å². The van der Waals surface area contributed by atoms with Gasteiger partial charge in [-0.25, -0.2) is 0 Å². The Labute approximate surface area is 221 Å². The van der Waals surface area contributed by atoms with Gasteiger partial charge >= 0.3 is 0 Å². The van der Waals surface area contributed by atoms with Gasteiger partial charge in [0.1, 0.15) is 5.75 Å². The summed E-state index contributed by atoms with van der Waals surface area (Å²) >= 11 is 0. The van der Waals surface area contributed by atoms with Crippen molar-refractivity contribution in [2.45, 2.75) is 0 Å². The molecule has 0 aromatic heterocycles. The molecule has 0 bridgehead atoms. The Balaban J connectivity index is 1.73. The lowest BCUT2D eigenvalue weighted by molar-refractivity contribution is -0.111. The second-order valence-corrected chi connectivity index (χ2v) is 7.85. The molecule has 9 heteroatoms. The van der Waals surface area contributed by atoms with Crippen LogP contribution in [0, 0.1) is 0 Å². The molecule has 200 valence electrons. The summed E-state index contributed by atoms with van der Waals surface area (Å²) in [6.07, 6.45) is 6.61. The topological polar surface area (TPSA) is 105 Å². The zero-order chi connectivity index (χ0) is 27.7. The third-order valence-electron chi connectivity index (χ3n) is 5.55. The number of hydrogen-bond acceptors (Lipinski definition) is 8. The van der Waals surface area contributed by atoms with E-state index in [2.05, 4.69) is 5.32 Å². The number of carbonyl (C=O) groups excluding carboxylic acids is 1. The minimum Gasteiger partial charge on any atom is -0.506 e. The van der Waals surface area contributed by atoms with Crippen LogP contribution in [0.5, 0.6) is 40.2 Å². The van der Waals surface area contributed by atoms with Crippen molar-refractivity contribution in [2.75, 3.05) is 48.0 Å². The lowest BCUT2D eigenvalue weighted by Crippen LogP contribution is -2.07. The first-order valence-electron chi connectivity index (χ1n) is 11.5. The molecule has 3 aromatic carbocycles. The van der Waals surface area contributed by atoms with E-state index in [1.165, 1.54) is 27.4 Å². The van der Waals surface area contributed by atoms with E-state index >= 15 is 0 Å². The summed E-state index contributed by atoms with van der Waals surface area (Å²) in [5, 5.41) is 13.1. The van der Waals surface area contributed by atoms with Crippen LogP contribution in [0.4, 0.5) is 5.69 Å². The molecule has 0 heterocycles. The van der Waals surface area contributed by atoms with E-state index in [-0.39, 0.29) is 11.4 Å². The molecule has 3 aromatic rings. The number of benzene rings is 3. The molecule has 0 aliphatic rings. The van der Waals surface area contributed by atoms with Crippen LogP contribution in [-0.4, -0.2) is 53.7 Å². The molecule has 1 amide bonds. The zero-order valence-electron chi connectivity index (χ0n) is 22.2. The van der Waals surface area contributed by atoms with Gasteiger partial charge in [-0.05, 0) is 59.2 Å². The number of nitrogens with one attached hydrogen (secondary N) is 1. The van der Waals surface area contributed by atoms with Gasteiger partial charge in [-0.2, -0.15) is 0 Å². The summed E-state index contributed by atoms with van der Waals surface area (Å²) in [5.74, 6) is 2.48. The number of anilines is 1. The highest BCUT2D eigenvalue weighted by atomic mass is 16.5. The van der Waals surface area contributed by atoms with Crippen LogP contribution >= 0.6 is 0 Å². The molecule has 0 fully saturated rings. The Hall–Kier alpha value is -4.79. The van der Waals surface area contributed by atoms with Crippen LogP contribution in [0.15, 0.2) is 48.5 Å². The van der Waals surface area contributed by atoms with Gasteiger partial charge in [0.15, 0.2) is 23.0 Å². The first-order chi connectivity index (χ1) is 18.4. The third kappa shape index (κ3) is 6.50. The molecule has 0 saturated carbocycles. The van der Waals surface area contributed by atoms with Crippen molar-refractivity contribution >= 4 is 29.8 Å². The van der Waals surface area contributed by atoms with Gasteiger partial charge in [0.25, 0.3) is 0 Å². The molecule has 38 heavy (non-hydrogen) atoms. The number of aromatic hydroxyl groups is 1. The van der Waals surface area contributed by atoms with Crippen molar-refractivity contribution in [1.29, 1.82) is 0 Å². The number of phenols is 1. The fraction of sp³-hybridized carbons (Fsp3) is 0.207. The number of amides is 1. The van der Waals surface area contributed by atoms with Crippen molar-refractivity contribution in [3.05, 3.63) is 65.2 Å². The number of methoxy groups -OCH3 is 6. The maximum atomic E-state index is 12.5. The minimum absolute atomic E-state index is 0.0772. The quantitative estimate of drug-likeness (QED) is 0.200. The lowest BCUT2D eigenvalue weighted by atomic mass is 10.1. The first-order valence-corrected chi connectivity index (χ1v) is 11.5. The summed E-state index contributed by atoms with van der Waals surface area (Å²) in [4.78, 5) is 12.5. The van der Waals surface area contributed by atoms with Gasteiger partial charge in [-0.3, -0.25) is 4.79 Å². The molecule has 0 radical (unpaired) electrons. The standard InChI is InChI=1S/C29H31NO8/c1-33-23-14-19(15-24(34-2)28(23)37-5)8-7-18-9-11-21(22(31)13-18)30-27(32)12-10-20-16-25(35-3)29(38-6)26(17-20)36-4/h7-17,31H,1-6H3,(H,30,32)/b8-7?,12-10+. The number of ether oxygens (including phenoxy) is 6. The predicted molar refractivity (Wildman–Crippen MR) is 147 cm³/mol. The van der Waals surface area contributed by atoms with E-state index in [1.54, 1.807) is 57.7 Å². The number of carbonyl (C=O) groups is 1. The molecule has 0 aliphatic carbocycles. The fourth-order valence-electron chi connectivity index (χ4n) is 3.69. The molecular weight excluding hydrogens is 490 g/mol. The molecule has 0 atom stereocenters. The Bertz CT molecular complexity index is 1300. The van der Waals surface area contributed by atoms with Crippen LogP contribution in [-0.2, 0) is 4.79 Å². The van der Waals surface area contributed by atoms with Crippen LogP contribution in [0.2, 0.25) is 0 Å². The average molecular weight is 522 g/mol. The summed E-state index contributed by atoms with van der Waals surface area (Å²) < 4.78 is 32.1. The molecule has 3 rings (SSSR count). The Morgan fingerprint density at radius 3 is 1.50 bits per heavy atom. The monoisotopic (exact) mass is 521 g/mol. The van der Waals surface area contributed by atoms with E-state index in [9.17, 15) is 9.90 Å². The van der Waals surface area contributed by atoms with Gasteiger partial charge in [-0.15, -0.1) is 0 Å². The third-order valence-corrected chi connectivity index (χ3v) is 5.55. The van der Waals surface area contributed by atoms with Crippen LogP contribution in [0.25, 0.3) is 18.2 Å². The van der Waals surface area contributed by atoms with Gasteiger partial charge < -0.3 is 38.8 Å². The molecule has 0 aliphatic heterocycles. The Morgan fingerprint density at radius 1 is 0.632 bits per heavy atom. The second kappa shape index (κ2) is 13.0. The van der Waals surface area contributed by atoms with Crippen LogP contribution < -0.4 is 33.7 Å². The first kappa shape index (κ1) is 27.8. The van der Waals surface area contributed by atoms with Crippen molar-refractivity contribution in [2.24, 2.45) is 0 Å². The van der Waals surface area contributed by atoms with Crippen molar-refractivity contribution < 1.29 is 38.3 Å². The zero-order valence-corrected chi connectivity index (χ0v) is 22.2. The molecule has 0 spiro atoms. The number of hydrogen-bond donors (Lipinski definition) is 2. The molecular formula is C29H31NO8. The average Bonchev–Trinajstić information content (AvgIpc) is 2.94. The number of rotatable bonds is 11. The van der Waals surface area contributed by atoms with E-state index < -0.39 is 5.91 Å². The van der Waals surface area contributed by atoms with E-state index in [1.807, 2.05) is 24.3 Å². The number of phenolic OH excluding ortho intramolecular Hbond substituents is 1. The summed E-state index contributed by atoms with van der Waals surface area (Å²) in [7, 11) is 9.20.